The van der Waals surface area contributed by atoms with Crippen LogP contribution in [-0.4, -0.2) is 36.8 Å². The van der Waals surface area contributed by atoms with Crippen LogP contribution in [0.3, 0.4) is 0 Å². The smallest absolute Gasteiger partial charge is 0.0629 e. The fourth-order valence-electron chi connectivity index (χ4n) is 2.01. The van der Waals surface area contributed by atoms with Crippen molar-refractivity contribution in [1.82, 2.24) is 5.32 Å². The first-order valence-electron chi connectivity index (χ1n) is 5.59. The van der Waals surface area contributed by atoms with Crippen molar-refractivity contribution in [3.05, 3.63) is 0 Å². The van der Waals surface area contributed by atoms with Crippen LogP contribution in [0.1, 0.15) is 33.1 Å². The number of ether oxygens (including phenoxy) is 1. The molecule has 1 rings (SSSR count). The molecule has 0 aromatic carbocycles. The fourth-order valence-corrected chi connectivity index (χ4v) is 3.41. The van der Waals surface area contributed by atoms with Gasteiger partial charge in [0.1, 0.15) is 0 Å². The highest BCUT2D eigenvalue weighted by Crippen LogP contribution is 2.40. The van der Waals surface area contributed by atoms with Gasteiger partial charge in [-0.2, -0.15) is 11.8 Å². The number of nitrogens with one attached hydrogen (secondary N) is 1. The molecule has 0 aliphatic carbocycles. The second-order valence-electron chi connectivity index (χ2n) is 4.23. The van der Waals surface area contributed by atoms with Gasteiger partial charge < -0.3 is 10.1 Å². The lowest BCUT2D eigenvalue weighted by Crippen LogP contribution is -2.48. The van der Waals surface area contributed by atoms with E-state index in [0.717, 1.165) is 13.2 Å². The summed E-state index contributed by atoms with van der Waals surface area (Å²) >= 11 is 2.10. The van der Waals surface area contributed by atoms with Crippen LogP contribution >= 0.6 is 11.8 Å². The van der Waals surface area contributed by atoms with Gasteiger partial charge in [0.25, 0.3) is 0 Å². The Kier molecular flexibility index (Phi) is 5.28. The zero-order chi connectivity index (χ0) is 10.4. The summed E-state index contributed by atoms with van der Waals surface area (Å²) in [4.78, 5) is 0. The summed E-state index contributed by atoms with van der Waals surface area (Å²) < 4.78 is 5.70. The van der Waals surface area contributed by atoms with Gasteiger partial charge in [0.15, 0.2) is 0 Å². The third-order valence-electron chi connectivity index (χ3n) is 2.96. The summed E-state index contributed by atoms with van der Waals surface area (Å²) in [5.41, 5.74) is 0. The maximum Gasteiger partial charge on any atom is 0.0629 e. The van der Waals surface area contributed by atoms with Gasteiger partial charge in [-0.25, -0.2) is 0 Å². The largest absolute Gasteiger partial charge is 0.383 e. The number of rotatable bonds is 6. The van der Waals surface area contributed by atoms with E-state index in [4.69, 9.17) is 4.74 Å². The molecule has 2 unspecified atom stereocenters. The van der Waals surface area contributed by atoms with Gasteiger partial charge in [-0.1, -0.05) is 6.92 Å². The first-order chi connectivity index (χ1) is 6.73. The van der Waals surface area contributed by atoms with Crippen LogP contribution in [0.25, 0.3) is 0 Å². The van der Waals surface area contributed by atoms with Crippen LogP contribution in [0.15, 0.2) is 0 Å². The summed E-state index contributed by atoms with van der Waals surface area (Å²) in [6.07, 6.45) is 3.87. The molecular weight excluding hydrogens is 194 g/mol. The number of thioether (sulfide) groups is 1. The normalized spacial score (nSPS) is 29.4. The molecule has 0 radical (unpaired) electrons. The molecule has 2 nitrogen and oxygen atoms in total. The van der Waals surface area contributed by atoms with Gasteiger partial charge in [-0.15, -0.1) is 0 Å². The standard InChI is InChI=1S/C11H23NOS/c1-4-7-12-10(9-13-3)11(2)6-5-8-14-11/h10,12H,4-9H2,1-3H3. The van der Waals surface area contributed by atoms with Crippen LogP contribution < -0.4 is 5.32 Å². The minimum absolute atomic E-state index is 0.394. The van der Waals surface area contributed by atoms with Crippen molar-refractivity contribution in [1.29, 1.82) is 0 Å². The van der Waals surface area contributed by atoms with E-state index < -0.39 is 0 Å². The summed E-state index contributed by atoms with van der Waals surface area (Å²) in [5.74, 6) is 1.31. The van der Waals surface area contributed by atoms with Crippen LogP contribution in [0.5, 0.6) is 0 Å². The van der Waals surface area contributed by atoms with E-state index in [1.165, 1.54) is 25.0 Å². The van der Waals surface area contributed by atoms with E-state index in [1.54, 1.807) is 7.11 Å². The van der Waals surface area contributed by atoms with Crippen molar-refractivity contribution in [2.75, 3.05) is 26.0 Å². The molecule has 1 saturated heterocycles. The van der Waals surface area contributed by atoms with E-state index in [-0.39, 0.29) is 0 Å². The predicted molar refractivity (Wildman–Crippen MR) is 64.1 cm³/mol. The predicted octanol–water partition coefficient (Wildman–Crippen LogP) is 2.29. The first kappa shape index (κ1) is 12.3. The van der Waals surface area contributed by atoms with Gasteiger partial charge in [-0.3, -0.25) is 0 Å². The van der Waals surface area contributed by atoms with Crippen molar-refractivity contribution in [3.63, 3.8) is 0 Å². The minimum atomic E-state index is 0.394. The third kappa shape index (κ3) is 3.14. The quantitative estimate of drug-likeness (QED) is 0.737. The third-order valence-corrected chi connectivity index (χ3v) is 4.60. The molecule has 0 spiro atoms. The summed E-state index contributed by atoms with van der Waals surface area (Å²) in [6, 6.07) is 0.514. The lowest BCUT2D eigenvalue weighted by Gasteiger charge is -2.33. The maximum absolute atomic E-state index is 5.30. The van der Waals surface area contributed by atoms with Crippen molar-refractivity contribution < 1.29 is 4.74 Å². The van der Waals surface area contributed by atoms with Gasteiger partial charge in [0, 0.05) is 17.9 Å². The molecule has 0 bridgehead atoms. The Bertz CT molecular complexity index is 157. The number of hydrogen-bond donors (Lipinski definition) is 1. The van der Waals surface area contributed by atoms with Crippen molar-refractivity contribution in [2.24, 2.45) is 0 Å². The Hall–Kier alpha value is 0.270. The monoisotopic (exact) mass is 217 g/mol. The highest BCUT2D eigenvalue weighted by molar-refractivity contribution is 8.00. The molecule has 1 aliphatic heterocycles. The highest BCUT2D eigenvalue weighted by Gasteiger charge is 2.37. The molecule has 2 atom stereocenters. The Balaban J connectivity index is 2.46. The van der Waals surface area contributed by atoms with Gasteiger partial charge >= 0.3 is 0 Å². The Morgan fingerprint density at radius 2 is 2.36 bits per heavy atom. The topological polar surface area (TPSA) is 21.3 Å². The van der Waals surface area contributed by atoms with Crippen LogP contribution in [-0.2, 0) is 4.74 Å². The average molecular weight is 217 g/mol. The summed E-state index contributed by atoms with van der Waals surface area (Å²) in [7, 11) is 1.80. The lowest BCUT2D eigenvalue weighted by molar-refractivity contribution is 0.150. The molecule has 84 valence electrons. The maximum atomic E-state index is 5.30. The second-order valence-corrected chi connectivity index (χ2v) is 5.86. The van der Waals surface area contributed by atoms with Gasteiger partial charge in [0.2, 0.25) is 0 Å². The summed E-state index contributed by atoms with van der Waals surface area (Å²) in [5, 5.41) is 3.61. The Labute approximate surface area is 92.2 Å². The summed E-state index contributed by atoms with van der Waals surface area (Å²) in [6.45, 7) is 6.52. The number of methoxy groups -OCH3 is 1. The molecule has 0 amide bonds. The molecule has 0 aromatic rings. The number of hydrogen-bond acceptors (Lipinski definition) is 3. The molecule has 1 N–H and O–H groups in total. The molecular formula is C11H23NOS. The highest BCUT2D eigenvalue weighted by atomic mass is 32.2. The molecule has 0 saturated carbocycles. The molecule has 0 aromatic heterocycles. The molecule has 1 fully saturated rings. The first-order valence-corrected chi connectivity index (χ1v) is 6.58. The van der Waals surface area contributed by atoms with Crippen molar-refractivity contribution in [3.8, 4) is 0 Å². The van der Waals surface area contributed by atoms with Gasteiger partial charge in [0.05, 0.1) is 6.61 Å². The van der Waals surface area contributed by atoms with E-state index in [1.807, 2.05) is 0 Å². The molecule has 14 heavy (non-hydrogen) atoms. The van der Waals surface area contributed by atoms with E-state index in [0.29, 0.717) is 10.8 Å². The van der Waals surface area contributed by atoms with E-state index >= 15 is 0 Å². The van der Waals surface area contributed by atoms with E-state index in [9.17, 15) is 0 Å². The second kappa shape index (κ2) is 5.99. The zero-order valence-electron chi connectivity index (χ0n) is 9.64. The van der Waals surface area contributed by atoms with Crippen LogP contribution in [0, 0.1) is 0 Å². The average Bonchev–Trinajstić information content (AvgIpc) is 2.60. The van der Waals surface area contributed by atoms with Gasteiger partial charge in [-0.05, 0) is 38.5 Å². The zero-order valence-corrected chi connectivity index (χ0v) is 10.5. The molecule has 1 aliphatic rings. The lowest BCUT2D eigenvalue weighted by atomic mass is 9.96. The Morgan fingerprint density at radius 1 is 1.57 bits per heavy atom. The van der Waals surface area contributed by atoms with Crippen LogP contribution in [0.2, 0.25) is 0 Å². The van der Waals surface area contributed by atoms with Crippen molar-refractivity contribution in [2.45, 2.75) is 43.9 Å². The molecule has 3 heteroatoms. The molecule has 1 heterocycles. The van der Waals surface area contributed by atoms with E-state index in [2.05, 4.69) is 30.9 Å². The van der Waals surface area contributed by atoms with Crippen LogP contribution in [0.4, 0.5) is 0 Å². The Morgan fingerprint density at radius 3 is 2.86 bits per heavy atom. The van der Waals surface area contributed by atoms with Crippen molar-refractivity contribution >= 4 is 11.8 Å². The fraction of sp³-hybridized carbons (Fsp3) is 1.00. The minimum Gasteiger partial charge on any atom is -0.383 e. The SMILES string of the molecule is CCCNC(COC)C1(C)CCCS1.